The second-order valence-corrected chi connectivity index (χ2v) is 19.2. The summed E-state index contributed by atoms with van der Waals surface area (Å²) in [4.78, 5) is 13.1. The van der Waals surface area contributed by atoms with Crippen LogP contribution in [0.2, 0.25) is 0 Å². The van der Waals surface area contributed by atoms with Crippen molar-refractivity contribution in [2.24, 2.45) is 0 Å². The minimum Gasteiger partial charge on any atom is -0.394 e. The molecule has 1 amide bonds. The van der Waals surface area contributed by atoms with E-state index in [9.17, 15) is 35.4 Å². The number of hydrogen-bond donors (Lipinski definition) is 7. The van der Waals surface area contributed by atoms with E-state index in [-0.39, 0.29) is 6.61 Å². The fourth-order valence-corrected chi connectivity index (χ4v) is 8.81. The SMILES string of the molecule is CCCCCCCCCCCC/C=C/C(O)C(COC1OC(CO)C(O)C(O)C1O)NC(=O)C(O)CCCCCCCCCCCCCCCCCCCCCCCCCCCC. The molecule has 0 bridgehead atoms. The molecule has 0 aliphatic carbocycles. The molecule has 1 rings (SSSR count). The van der Waals surface area contributed by atoms with Gasteiger partial charge in [-0.05, 0) is 19.3 Å². The largest absolute Gasteiger partial charge is 0.394 e. The first-order valence-electron chi connectivity index (χ1n) is 27.0. The summed E-state index contributed by atoms with van der Waals surface area (Å²) in [6.45, 7) is 3.62. The van der Waals surface area contributed by atoms with Gasteiger partial charge in [0.2, 0.25) is 5.91 Å². The van der Waals surface area contributed by atoms with Gasteiger partial charge in [-0.3, -0.25) is 4.79 Å². The molecule has 1 aliphatic rings. The predicted octanol–water partition coefficient (Wildman–Crippen LogP) is 11.4. The number of amides is 1. The topological polar surface area (TPSA) is 169 Å². The fourth-order valence-electron chi connectivity index (χ4n) is 8.81. The van der Waals surface area contributed by atoms with Crippen molar-refractivity contribution in [2.45, 2.75) is 307 Å². The van der Waals surface area contributed by atoms with Crippen molar-refractivity contribution in [2.75, 3.05) is 13.2 Å². The lowest BCUT2D eigenvalue weighted by atomic mass is 9.99. The summed E-state index contributed by atoms with van der Waals surface area (Å²) in [5.41, 5.74) is 0. The van der Waals surface area contributed by atoms with Gasteiger partial charge in [0.15, 0.2) is 6.29 Å². The second kappa shape index (κ2) is 43.5. The monoisotopic (exact) mass is 898 g/mol. The van der Waals surface area contributed by atoms with Gasteiger partial charge in [0.1, 0.15) is 30.5 Å². The van der Waals surface area contributed by atoms with Crippen LogP contribution in [-0.4, -0.2) is 98.7 Å². The molecule has 7 N–H and O–H groups in total. The van der Waals surface area contributed by atoms with Gasteiger partial charge in [0.05, 0.1) is 25.4 Å². The minimum atomic E-state index is -1.61. The average molecular weight is 898 g/mol. The summed E-state index contributed by atoms with van der Waals surface area (Å²) in [6.07, 6.45) is 41.8. The van der Waals surface area contributed by atoms with Crippen molar-refractivity contribution in [3.8, 4) is 0 Å². The maximum atomic E-state index is 13.1. The van der Waals surface area contributed by atoms with Crippen molar-refractivity contribution in [1.29, 1.82) is 0 Å². The second-order valence-electron chi connectivity index (χ2n) is 19.2. The molecule has 1 saturated heterocycles. The number of aliphatic hydroxyl groups excluding tert-OH is 6. The minimum absolute atomic E-state index is 0.301. The van der Waals surface area contributed by atoms with Crippen LogP contribution >= 0.6 is 0 Å². The first-order valence-corrected chi connectivity index (χ1v) is 27.0. The Hall–Kier alpha value is -1.11. The Morgan fingerprint density at radius 3 is 1.29 bits per heavy atom. The summed E-state index contributed by atoms with van der Waals surface area (Å²) in [5, 5.41) is 64.8. The van der Waals surface area contributed by atoms with E-state index in [2.05, 4.69) is 19.2 Å². The van der Waals surface area contributed by atoms with Crippen LogP contribution in [0.3, 0.4) is 0 Å². The smallest absolute Gasteiger partial charge is 0.249 e. The van der Waals surface area contributed by atoms with Crippen molar-refractivity contribution in [3.63, 3.8) is 0 Å². The van der Waals surface area contributed by atoms with Gasteiger partial charge < -0.3 is 45.4 Å². The number of nitrogens with one attached hydrogen (secondary N) is 1. The third-order valence-electron chi connectivity index (χ3n) is 13.2. The third kappa shape index (κ3) is 33.1. The Balaban J connectivity index is 2.22. The number of unbranched alkanes of at least 4 members (excludes halogenated alkanes) is 35. The van der Waals surface area contributed by atoms with E-state index < -0.39 is 61.5 Å². The normalized spacial score (nSPS) is 20.7. The summed E-state index contributed by atoms with van der Waals surface area (Å²) >= 11 is 0. The first-order chi connectivity index (χ1) is 30.8. The molecule has 10 heteroatoms. The Bertz CT molecular complexity index is 1010. The van der Waals surface area contributed by atoms with Gasteiger partial charge in [-0.25, -0.2) is 0 Å². The van der Waals surface area contributed by atoms with Crippen LogP contribution < -0.4 is 5.32 Å². The quantitative estimate of drug-likeness (QED) is 0.0232. The molecule has 8 atom stereocenters. The van der Waals surface area contributed by atoms with E-state index in [4.69, 9.17) is 9.47 Å². The number of hydrogen-bond acceptors (Lipinski definition) is 9. The van der Waals surface area contributed by atoms with E-state index in [0.29, 0.717) is 6.42 Å². The molecule has 1 aliphatic heterocycles. The van der Waals surface area contributed by atoms with Crippen molar-refractivity contribution in [1.82, 2.24) is 5.32 Å². The number of carbonyl (C=O) groups excluding carboxylic acids is 1. The molecule has 8 unspecified atom stereocenters. The van der Waals surface area contributed by atoms with Crippen molar-refractivity contribution >= 4 is 5.91 Å². The number of rotatable bonds is 46. The average Bonchev–Trinajstić information content (AvgIpc) is 3.28. The van der Waals surface area contributed by atoms with Gasteiger partial charge in [0.25, 0.3) is 0 Å². The lowest BCUT2D eigenvalue weighted by Crippen LogP contribution is -2.60. The van der Waals surface area contributed by atoms with Crippen LogP contribution in [-0.2, 0) is 14.3 Å². The van der Waals surface area contributed by atoms with Gasteiger partial charge in [-0.1, -0.05) is 251 Å². The maximum Gasteiger partial charge on any atom is 0.249 e. The first kappa shape index (κ1) is 59.9. The Morgan fingerprint density at radius 2 is 0.905 bits per heavy atom. The predicted molar refractivity (Wildman–Crippen MR) is 260 cm³/mol. The van der Waals surface area contributed by atoms with E-state index in [0.717, 1.165) is 44.9 Å². The molecular weight excluding hydrogens is 795 g/mol. The Labute approximate surface area is 387 Å². The standard InChI is InChI=1S/C53H103NO9/c1-3-5-7-9-11-13-15-17-18-19-20-21-22-23-24-25-26-27-28-29-30-32-34-36-38-40-42-47(57)52(61)54-45(44-62-53-51(60)50(59)49(58)48(43-55)63-53)46(56)41-39-37-35-33-31-16-14-12-10-8-6-4-2/h39,41,45-51,53,55-60H,3-38,40,42-44H2,1-2H3,(H,54,61)/b41-39+. The van der Waals surface area contributed by atoms with E-state index >= 15 is 0 Å². The van der Waals surface area contributed by atoms with Crippen LogP contribution in [0.5, 0.6) is 0 Å². The maximum absolute atomic E-state index is 13.1. The molecule has 1 heterocycles. The molecule has 10 nitrogen and oxygen atoms in total. The van der Waals surface area contributed by atoms with E-state index in [1.165, 1.54) is 193 Å². The number of allylic oxidation sites excluding steroid dienone is 1. The fraction of sp³-hybridized carbons (Fsp3) is 0.943. The molecule has 0 aromatic carbocycles. The van der Waals surface area contributed by atoms with Crippen LogP contribution in [0.1, 0.15) is 258 Å². The third-order valence-corrected chi connectivity index (χ3v) is 13.2. The lowest BCUT2D eigenvalue weighted by molar-refractivity contribution is -0.302. The molecule has 0 aromatic rings. The molecule has 0 spiro atoms. The highest BCUT2D eigenvalue weighted by atomic mass is 16.7. The van der Waals surface area contributed by atoms with Crippen LogP contribution in [0.15, 0.2) is 12.2 Å². The highest BCUT2D eigenvalue weighted by Gasteiger charge is 2.44. The molecule has 1 fully saturated rings. The summed E-state index contributed by atoms with van der Waals surface area (Å²) in [6, 6.07) is -0.975. The zero-order valence-electron chi connectivity index (χ0n) is 41.0. The molecular formula is C53H103NO9. The lowest BCUT2D eigenvalue weighted by Gasteiger charge is -2.40. The van der Waals surface area contributed by atoms with Crippen LogP contribution in [0.4, 0.5) is 0 Å². The van der Waals surface area contributed by atoms with Crippen LogP contribution in [0, 0.1) is 0 Å². The van der Waals surface area contributed by atoms with Gasteiger partial charge in [-0.2, -0.15) is 0 Å². The number of aliphatic hydroxyl groups is 6. The summed E-state index contributed by atoms with van der Waals surface area (Å²) in [7, 11) is 0. The highest BCUT2D eigenvalue weighted by molar-refractivity contribution is 5.80. The summed E-state index contributed by atoms with van der Waals surface area (Å²) in [5.74, 6) is -0.612. The van der Waals surface area contributed by atoms with Crippen LogP contribution in [0.25, 0.3) is 0 Å². The Kier molecular flexibility index (Phi) is 41.3. The number of carbonyl (C=O) groups is 1. The summed E-state index contributed by atoms with van der Waals surface area (Å²) < 4.78 is 11.2. The van der Waals surface area contributed by atoms with Crippen molar-refractivity contribution < 1.29 is 44.9 Å². The van der Waals surface area contributed by atoms with Gasteiger partial charge >= 0.3 is 0 Å². The molecule has 63 heavy (non-hydrogen) atoms. The zero-order valence-corrected chi connectivity index (χ0v) is 41.0. The molecule has 0 radical (unpaired) electrons. The van der Waals surface area contributed by atoms with Gasteiger partial charge in [0, 0.05) is 0 Å². The van der Waals surface area contributed by atoms with Gasteiger partial charge in [-0.15, -0.1) is 0 Å². The van der Waals surface area contributed by atoms with E-state index in [1.54, 1.807) is 6.08 Å². The number of ether oxygens (including phenoxy) is 2. The Morgan fingerprint density at radius 1 is 0.540 bits per heavy atom. The zero-order chi connectivity index (χ0) is 46.0. The van der Waals surface area contributed by atoms with E-state index in [1.807, 2.05) is 6.08 Å². The van der Waals surface area contributed by atoms with Crippen molar-refractivity contribution in [3.05, 3.63) is 12.2 Å². The molecule has 374 valence electrons. The molecule has 0 saturated carbocycles. The highest BCUT2D eigenvalue weighted by Crippen LogP contribution is 2.23. The molecule has 0 aromatic heterocycles.